The summed E-state index contributed by atoms with van der Waals surface area (Å²) < 4.78 is 5.78. The Balaban J connectivity index is 1.95. The molecule has 1 aromatic carbocycles. The van der Waals surface area contributed by atoms with Crippen LogP contribution in [0.2, 0.25) is 0 Å². The minimum absolute atomic E-state index is 0.541. The summed E-state index contributed by atoms with van der Waals surface area (Å²) in [5.74, 6) is 0.996. The predicted octanol–water partition coefficient (Wildman–Crippen LogP) is 4.02. The maximum atomic E-state index is 5.78. The van der Waals surface area contributed by atoms with Gasteiger partial charge in [-0.25, -0.2) is 0 Å². The van der Waals surface area contributed by atoms with Crippen LogP contribution in [0.3, 0.4) is 0 Å². The molecule has 1 atom stereocenters. The number of rotatable bonds is 7. The fourth-order valence-electron chi connectivity index (χ4n) is 2.56. The molecule has 0 amide bonds. The number of hydrogen-bond donors (Lipinski definition) is 1. The minimum Gasteiger partial charge on any atom is -0.493 e. The average Bonchev–Trinajstić information content (AvgIpc) is 2.78. The van der Waals surface area contributed by atoms with Crippen molar-refractivity contribution in [3.63, 3.8) is 0 Å². The molecule has 1 aliphatic rings. The highest BCUT2D eigenvalue weighted by Crippen LogP contribution is 2.33. The van der Waals surface area contributed by atoms with Gasteiger partial charge in [0.1, 0.15) is 5.75 Å². The van der Waals surface area contributed by atoms with E-state index in [1.54, 1.807) is 0 Å². The molecule has 0 fully saturated rings. The fourth-order valence-corrected chi connectivity index (χ4v) is 2.56. The summed E-state index contributed by atoms with van der Waals surface area (Å²) in [6, 6.07) is 7.08. The average molecular weight is 259 g/mol. The van der Waals surface area contributed by atoms with Crippen LogP contribution in [0.5, 0.6) is 5.75 Å². The van der Waals surface area contributed by atoms with Gasteiger partial charge >= 0.3 is 0 Å². The summed E-state index contributed by atoms with van der Waals surface area (Å²) >= 11 is 0. The van der Waals surface area contributed by atoms with E-state index >= 15 is 0 Å². The largest absolute Gasteiger partial charge is 0.493 e. The van der Waals surface area contributed by atoms with Gasteiger partial charge in [0.05, 0.1) is 6.61 Å². The number of hydrogen-bond acceptors (Lipinski definition) is 2. The number of nitrogens with one attached hydrogen (secondary N) is 1. The molecular weight excluding hydrogens is 234 g/mol. The zero-order valence-corrected chi connectivity index (χ0v) is 12.2. The molecule has 1 aromatic rings. The predicted molar refractivity (Wildman–Crippen MR) is 80.7 cm³/mol. The molecule has 1 aliphatic carbocycles. The van der Waals surface area contributed by atoms with Gasteiger partial charge in [-0.05, 0) is 56.0 Å². The van der Waals surface area contributed by atoms with Crippen molar-refractivity contribution in [1.82, 2.24) is 5.32 Å². The van der Waals surface area contributed by atoms with Gasteiger partial charge in [0.25, 0.3) is 0 Å². The lowest BCUT2D eigenvalue weighted by molar-refractivity contribution is 0.321. The van der Waals surface area contributed by atoms with Crippen LogP contribution < -0.4 is 10.1 Å². The summed E-state index contributed by atoms with van der Waals surface area (Å²) in [4.78, 5) is 0. The van der Waals surface area contributed by atoms with Crippen molar-refractivity contribution in [3.05, 3.63) is 41.5 Å². The lowest BCUT2D eigenvalue weighted by atomic mass is 10.1. The Morgan fingerprint density at radius 1 is 1.47 bits per heavy atom. The van der Waals surface area contributed by atoms with Crippen molar-refractivity contribution in [2.75, 3.05) is 13.2 Å². The Hall–Kier alpha value is -1.28. The van der Waals surface area contributed by atoms with E-state index in [-0.39, 0.29) is 0 Å². The molecule has 0 aromatic heterocycles. The Kier molecular flexibility index (Phi) is 5.03. The molecule has 0 radical (unpaired) electrons. The second-order valence-electron chi connectivity index (χ2n) is 5.46. The Labute approximate surface area is 116 Å². The highest BCUT2D eigenvalue weighted by atomic mass is 16.5. The Morgan fingerprint density at radius 3 is 3.05 bits per heavy atom. The first-order valence-electron chi connectivity index (χ1n) is 7.34. The third-order valence-electron chi connectivity index (χ3n) is 3.63. The molecular formula is C17H25NO. The molecule has 1 N–H and O–H groups in total. The molecule has 0 heterocycles. The Morgan fingerprint density at radius 2 is 2.32 bits per heavy atom. The SMILES string of the molecule is C=C(C)CCOc1ccc2c(c1)CCC2NCCC. The lowest BCUT2D eigenvalue weighted by Gasteiger charge is -2.14. The zero-order valence-electron chi connectivity index (χ0n) is 12.2. The molecule has 19 heavy (non-hydrogen) atoms. The van der Waals surface area contributed by atoms with E-state index in [0.29, 0.717) is 6.04 Å². The van der Waals surface area contributed by atoms with Crippen molar-refractivity contribution in [2.24, 2.45) is 0 Å². The van der Waals surface area contributed by atoms with Crippen molar-refractivity contribution in [2.45, 2.75) is 45.6 Å². The third kappa shape index (κ3) is 3.84. The van der Waals surface area contributed by atoms with Crippen LogP contribution in [0.4, 0.5) is 0 Å². The van der Waals surface area contributed by atoms with E-state index in [2.05, 4.69) is 37.0 Å². The molecule has 0 saturated carbocycles. The summed E-state index contributed by atoms with van der Waals surface area (Å²) in [5.41, 5.74) is 4.08. The number of fused-ring (bicyclic) bond motifs is 1. The monoisotopic (exact) mass is 259 g/mol. The first kappa shape index (κ1) is 14.1. The quantitative estimate of drug-likeness (QED) is 0.747. The molecule has 2 rings (SSSR count). The first-order chi connectivity index (χ1) is 9.20. The van der Waals surface area contributed by atoms with Gasteiger partial charge in [-0.2, -0.15) is 0 Å². The van der Waals surface area contributed by atoms with Crippen molar-refractivity contribution in [3.8, 4) is 5.75 Å². The van der Waals surface area contributed by atoms with E-state index < -0.39 is 0 Å². The highest BCUT2D eigenvalue weighted by Gasteiger charge is 2.21. The number of aryl methyl sites for hydroxylation is 1. The van der Waals surface area contributed by atoms with Gasteiger partial charge in [0.15, 0.2) is 0 Å². The normalized spacial score (nSPS) is 17.3. The summed E-state index contributed by atoms with van der Waals surface area (Å²) in [6.07, 6.45) is 4.49. The topological polar surface area (TPSA) is 21.3 Å². The molecule has 2 nitrogen and oxygen atoms in total. The molecule has 1 unspecified atom stereocenters. The molecule has 0 saturated heterocycles. The molecule has 2 heteroatoms. The van der Waals surface area contributed by atoms with Crippen LogP contribution >= 0.6 is 0 Å². The van der Waals surface area contributed by atoms with Crippen LogP contribution in [-0.4, -0.2) is 13.2 Å². The van der Waals surface area contributed by atoms with Crippen molar-refractivity contribution < 1.29 is 4.74 Å². The van der Waals surface area contributed by atoms with E-state index in [4.69, 9.17) is 4.74 Å². The van der Waals surface area contributed by atoms with Gasteiger partial charge in [-0.15, -0.1) is 6.58 Å². The third-order valence-corrected chi connectivity index (χ3v) is 3.63. The van der Waals surface area contributed by atoms with Gasteiger partial charge in [-0.1, -0.05) is 18.6 Å². The molecule has 0 bridgehead atoms. The molecule has 0 aliphatic heterocycles. The molecule has 104 valence electrons. The van der Waals surface area contributed by atoms with Crippen LogP contribution in [0.25, 0.3) is 0 Å². The number of ether oxygens (including phenoxy) is 1. The first-order valence-corrected chi connectivity index (χ1v) is 7.34. The maximum absolute atomic E-state index is 5.78. The van der Waals surface area contributed by atoms with Gasteiger partial charge in [-0.3, -0.25) is 0 Å². The smallest absolute Gasteiger partial charge is 0.119 e. The minimum atomic E-state index is 0.541. The van der Waals surface area contributed by atoms with Crippen LogP contribution in [0.1, 0.15) is 50.3 Å². The van der Waals surface area contributed by atoms with Crippen LogP contribution in [0, 0.1) is 0 Å². The van der Waals surface area contributed by atoms with E-state index in [9.17, 15) is 0 Å². The van der Waals surface area contributed by atoms with Gasteiger partial charge in [0, 0.05) is 12.5 Å². The standard InChI is InChI=1S/C17H25NO/c1-4-10-18-17-8-5-14-12-15(6-7-16(14)17)19-11-9-13(2)3/h6-7,12,17-18H,2,4-5,8-11H2,1,3H3. The van der Waals surface area contributed by atoms with Crippen LogP contribution in [-0.2, 0) is 6.42 Å². The van der Waals surface area contributed by atoms with Crippen LogP contribution in [0.15, 0.2) is 30.4 Å². The molecule has 0 spiro atoms. The van der Waals surface area contributed by atoms with E-state index in [1.165, 1.54) is 29.5 Å². The van der Waals surface area contributed by atoms with Crippen molar-refractivity contribution >= 4 is 0 Å². The second kappa shape index (κ2) is 6.76. The summed E-state index contributed by atoms with van der Waals surface area (Å²) in [7, 11) is 0. The van der Waals surface area contributed by atoms with E-state index in [1.807, 2.05) is 6.92 Å². The second-order valence-corrected chi connectivity index (χ2v) is 5.46. The number of benzene rings is 1. The van der Waals surface area contributed by atoms with Gasteiger partial charge < -0.3 is 10.1 Å². The summed E-state index contributed by atoms with van der Waals surface area (Å²) in [6.45, 7) is 9.97. The fraction of sp³-hybridized carbons (Fsp3) is 0.529. The Bertz CT molecular complexity index is 439. The van der Waals surface area contributed by atoms with Gasteiger partial charge in [0.2, 0.25) is 0 Å². The lowest BCUT2D eigenvalue weighted by Crippen LogP contribution is -2.19. The summed E-state index contributed by atoms with van der Waals surface area (Å²) in [5, 5.41) is 3.61. The van der Waals surface area contributed by atoms with E-state index in [0.717, 1.165) is 31.7 Å². The highest BCUT2D eigenvalue weighted by molar-refractivity contribution is 5.40. The maximum Gasteiger partial charge on any atom is 0.119 e. The van der Waals surface area contributed by atoms with Crippen molar-refractivity contribution in [1.29, 1.82) is 0 Å². The zero-order chi connectivity index (χ0) is 13.7.